The highest BCUT2D eigenvalue weighted by atomic mass is 16.7. The normalized spacial score (nSPS) is 20.7. The minimum absolute atomic E-state index is 0.0468. The molecule has 1 amide bonds. The van der Waals surface area contributed by atoms with Crippen LogP contribution in [0.5, 0.6) is 0 Å². The Morgan fingerprint density at radius 1 is 1.50 bits per heavy atom. The molecule has 2 aliphatic heterocycles. The van der Waals surface area contributed by atoms with E-state index in [-0.39, 0.29) is 11.4 Å². The number of fused-ring (bicyclic) bond motifs is 1. The molecule has 6 nitrogen and oxygen atoms in total. The van der Waals surface area contributed by atoms with Gasteiger partial charge in [-0.05, 0) is 25.1 Å². The summed E-state index contributed by atoms with van der Waals surface area (Å²) < 4.78 is 5.12. The van der Waals surface area contributed by atoms with Crippen molar-refractivity contribution in [2.24, 2.45) is 4.99 Å². The Kier molecular flexibility index (Phi) is 2.16. The third-order valence-corrected chi connectivity index (χ3v) is 2.51. The molecule has 3 rings (SSSR count). The first-order valence-electron chi connectivity index (χ1n) is 5.29. The SMILES string of the molecule is CC1=CC2=NC(=O)/C(=C/c3ccco3)C(=N)N2O1. The molecule has 18 heavy (non-hydrogen) atoms. The highest BCUT2D eigenvalue weighted by Gasteiger charge is 2.34. The average Bonchev–Trinajstić information content (AvgIpc) is 2.93. The summed E-state index contributed by atoms with van der Waals surface area (Å²) in [7, 11) is 0. The second-order valence-corrected chi connectivity index (χ2v) is 3.84. The van der Waals surface area contributed by atoms with Gasteiger partial charge in [-0.3, -0.25) is 10.2 Å². The van der Waals surface area contributed by atoms with Crippen molar-refractivity contribution < 1.29 is 14.0 Å². The Balaban J connectivity index is 2.01. The number of hydrogen-bond donors (Lipinski definition) is 1. The molecule has 0 atom stereocenters. The molecule has 0 saturated carbocycles. The quantitative estimate of drug-likeness (QED) is 0.762. The second kappa shape index (κ2) is 3.69. The molecular weight excluding hydrogens is 234 g/mol. The van der Waals surface area contributed by atoms with Crippen molar-refractivity contribution in [1.29, 1.82) is 5.41 Å². The highest BCUT2D eigenvalue weighted by molar-refractivity contribution is 6.32. The molecule has 0 saturated heterocycles. The van der Waals surface area contributed by atoms with Gasteiger partial charge < -0.3 is 9.25 Å². The van der Waals surface area contributed by atoms with Crippen LogP contribution in [0, 0.1) is 5.41 Å². The summed E-state index contributed by atoms with van der Waals surface area (Å²) in [6.45, 7) is 1.73. The van der Waals surface area contributed by atoms with Crippen molar-refractivity contribution in [2.75, 3.05) is 0 Å². The Bertz CT molecular complexity index is 623. The van der Waals surface area contributed by atoms with E-state index in [1.807, 2.05) is 0 Å². The molecule has 1 aromatic heterocycles. The zero-order valence-electron chi connectivity index (χ0n) is 9.51. The number of rotatable bonds is 1. The van der Waals surface area contributed by atoms with E-state index in [9.17, 15) is 4.79 Å². The highest BCUT2D eigenvalue weighted by Crippen LogP contribution is 2.23. The summed E-state index contributed by atoms with van der Waals surface area (Å²) in [5.41, 5.74) is 0.136. The minimum Gasteiger partial charge on any atom is -0.465 e. The van der Waals surface area contributed by atoms with Gasteiger partial charge in [-0.1, -0.05) is 0 Å². The van der Waals surface area contributed by atoms with Crippen LogP contribution in [0.15, 0.2) is 45.2 Å². The lowest BCUT2D eigenvalue weighted by molar-refractivity contribution is -0.114. The van der Waals surface area contributed by atoms with Crippen LogP contribution in [0.2, 0.25) is 0 Å². The van der Waals surface area contributed by atoms with Crippen LogP contribution in [-0.2, 0) is 9.63 Å². The number of aliphatic imine (C=N–C) groups is 1. The van der Waals surface area contributed by atoms with E-state index in [0.717, 1.165) is 0 Å². The van der Waals surface area contributed by atoms with Crippen LogP contribution in [-0.4, -0.2) is 22.6 Å². The molecule has 0 bridgehead atoms. The van der Waals surface area contributed by atoms with Crippen molar-refractivity contribution in [1.82, 2.24) is 5.06 Å². The van der Waals surface area contributed by atoms with Gasteiger partial charge in [0.15, 0.2) is 11.7 Å². The van der Waals surface area contributed by atoms with E-state index in [1.54, 1.807) is 25.1 Å². The van der Waals surface area contributed by atoms with Crippen molar-refractivity contribution in [3.63, 3.8) is 0 Å². The molecule has 0 fully saturated rings. The molecule has 0 aromatic carbocycles. The van der Waals surface area contributed by atoms with E-state index in [1.165, 1.54) is 17.4 Å². The number of furan rings is 1. The van der Waals surface area contributed by atoms with Gasteiger partial charge in [-0.15, -0.1) is 5.06 Å². The van der Waals surface area contributed by atoms with Gasteiger partial charge in [0.05, 0.1) is 11.8 Å². The molecular formula is C12H9N3O3. The maximum absolute atomic E-state index is 11.8. The fourth-order valence-electron chi connectivity index (χ4n) is 1.72. The van der Waals surface area contributed by atoms with Gasteiger partial charge in [0.2, 0.25) is 0 Å². The largest absolute Gasteiger partial charge is 0.465 e. The van der Waals surface area contributed by atoms with Crippen LogP contribution < -0.4 is 0 Å². The third-order valence-electron chi connectivity index (χ3n) is 2.51. The lowest BCUT2D eigenvalue weighted by Crippen LogP contribution is -2.38. The molecule has 3 heterocycles. The predicted molar refractivity (Wildman–Crippen MR) is 63.5 cm³/mol. The average molecular weight is 243 g/mol. The van der Waals surface area contributed by atoms with Gasteiger partial charge in [0.1, 0.15) is 11.5 Å². The van der Waals surface area contributed by atoms with Gasteiger partial charge in [0, 0.05) is 6.08 Å². The molecule has 0 spiro atoms. The first-order valence-corrected chi connectivity index (χ1v) is 5.29. The first-order chi connectivity index (χ1) is 8.65. The number of carbonyl (C=O) groups excluding carboxylic acids is 1. The number of allylic oxidation sites excluding steroid dienone is 1. The Hall–Kier alpha value is -2.63. The van der Waals surface area contributed by atoms with E-state index in [4.69, 9.17) is 14.7 Å². The van der Waals surface area contributed by atoms with Crippen LogP contribution in [0.3, 0.4) is 0 Å². The molecule has 0 radical (unpaired) electrons. The topological polar surface area (TPSA) is 78.9 Å². The molecule has 6 heteroatoms. The van der Waals surface area contributed by atoms with Gasteiger partial charge in [0.25, 0.3) is 5.91 Å². The van der Waals surface area contributed by atoms with Gasteiger partial charge >= 0.3 is 0 Å². The van der Waals surface area contributed by atoms with Crippen molar-refractivity contribution >= 4 is 23.7 Å². The number of carbonyl (C=O) groups is 1. The standard InChI is InChI=1S/C12H9N3O3/c1-7-5-10-14-12(16)9(11(13)15(10)18-7)6-8-3-2-4-17-8/h2-6,13H,1H3/b9-6+,13-11?. The summed E-state index contributed by atoms with van der Waals surface area (Å²) in [6.07, 6.45) is 4.58. The monoisotopic (exact) mass is 243 g/mol. The molecule has 2 aliphatic rings. The Morgan fingerprint density at radius 2 is 2.33 bits per heavy atom. The Morgan fingerprint density at radius 3 is 3.06 bits per heavy atom. The number of nitrogens with zero attached hydrogens (tertiary/aromatic N) is 2. The van der Waals surface area contributed by atoms with Crippen LogP contribution >= 0.6 is 0 Å². The summed E-state index contributed by atoms with van der Waals surface area (Å²) >= 11 is 0. The van der Waals surface area contributed by atoms with Gasteiger partial charge in [-0.25, -0.2) is 0 Å². The van der Waals surface area contributed by atoms with Gasteiger partial charge in [-0.2, -0.15) is 4.99 Å². The van der Waals surface area contributed by atoms with E-state index in [2.05, 4.69) is 4.99 Å². The number of hydrogen-bond acceptors (Lipinski definition) is 4. The molecule has 1 aromatic rings. The fraction of sp³-hybridized carbons (Fsp3) is 0.0833. The Labute approximate surface area is 102 Å². The maximum Gasteiger partial charge on any atom is 0.283 e. The summed E-state index contributed by atoms with van der Waals surface area (Å²) in [5, 5.41) is 9.17. The number of amidine groups is 2. The molecule has 0 aliphatic carbocycles. The molecule has 0 unspecified atom stereocenters. The van der Waals surface area contributed by atoms with Crippen LogP contribution in [0.4, 0.5) is 0 Å². The summed E-state index contributed by atoms with van der Waals surface area (Å²) in [5.74, 6) is 0.891. The smallest absolute Gasteiger partial charge is 0.283 e. The summed E-state index contributed by atoms with van der Waals surface area (Å²) in [6, 6.07) is 3.40. The maximum atomic E-state index is 11.8. The van der Waals surface area contributed by atoms with E-state index in [0.29, 0.717) is 17.4 Å². The van der Waals surface area contributed by atoms with Crippen molar-refractivity contribution in [3.05, 3.63) is 41.6 Å². The zero-order chi connectivity index (χ0) is 12.7. The van der Waals surface area contributed by atoms with Crippen molar-refractivity contribution in [3.8, 4) is 0 Å². The zero-order valence-corrected chi connectivity index (χ0v) is 9.51. The minimum atomic E-state index is -0.475. The molecule has 90 valence electrons. The number of amides is 1. The lowest BCUT2D eigenvalue weighted by atomic mass is 10.1. The van der Waals surface area contributed by atoms with Crippen LogP contribution in [0.25, 0.3) is 6.08 Å². The third kappa shape index (κ3) is 1.55. The predicted octanol–water partition coefficient (Wildman–Crippen LogP) is 1.73. The first kappa shape index (κ1) is 10.5. The van der Waals surface area contributed by atoms with E-state index >= 15 is 0 Å². The lowest BCUT2D eigenvalue weighted by Gasteiger charge is -2.22. The summed E-state index contributed by atoms with van der Waals surface area (Å²) in [4.78, 5) is 21.0. The van der Waals surface area contributed by atoms with Crippen molar-refractivity contribution in [2.45, 2.75) is 6.92 Å². The van der Waals surface area contributed by atoms with Crippen LogP contribution in [0.1, 0.15) is 12.7 Å². The van der Waals surface area contributed by atoms with E-state index < -0.39 is 5.91 Å². The fourth-order valence-corrected chi connectivity index (χ4v) is 1.72. The number of nitrogens with one attached hydrogen (secondary N) is 1. The number of hydroxylamine groups is 2. The molecule has 1 N–H and O–H groups in total. The second-order valence-electron chi connectivity index (χ2n) is 3.84.